The molecule has 0 atom stereocenters. The van der Waals surface area contributed by atoms with Crippen molar-refractivity contribution in [1.82, 2.24) is 4.90 Å². The Morgan fingerprint density at radius 3 is 2.33 bits per heavy atom. The second-order valence-electron chi connectivity index (χ2n) is 4.88. The molecule has 0 bridgehead atoms. The van der Waals surface area contributed by atoms with Crippen LogP contribution in [0.15, 0.2) is 24.3 Å². The number of para-hydroxylation sites is 2. The molecule has 1 heterocycles. The average Bonchev–Trinajstić information content (AvgIpc) is 2.68. The molecule has 0 saturated carbocycles. The molecule has 1 aromatic carbocycles. The van der Waals surface area contributed by atoms with E-state index < -0.39 is 18.1 Å². The first kappa shape index (κ1) is 15.5. The fourth-order valence-corrected chi connectivity index (χ4v) is 2.25. The summed E-state index contributed by atoms with van der Waals surface area (Å²) in [5.74, 6) is -0.409. The second kappa shape index (κ2) is 6.69. The molecule has 1 N–H and O–H groups in total. The zero-order valence-corrected chi connectivity index (χ0v) is 11.4. The maximum Gasteiger partial charge on any atom is 0.573 e. The van der Waals surface area contributed by atoms with Gasteiger partial charge in [0.1, 0.15) is 0 Å². The van der Waals surface area contributed by atoms with Crippen molar-refractivity contribution in [2.24, 2.45) is 0 Å². The molecule has 1 fully saturated rings. The minimum absolute atomic E-state index is 0.0177. The van der Waals surface area contributed by atoms with E-state index >= 15 is 0 Å². The zero-order valence-electron chi connectivity index (χ0n) is 11.4. The van der Waals surface area contributed by atoms with Crippen molar-refractivity contribution >= 4 is 11.7 Å². The van der Waals surface area contributed by atoms with E-state index in [1.807, 2.05) is 0 Å². The Labute approximate surface area is 120 Å². The third kappa shape index (κ3) is 4.84. The Morgan fingerprint density at radius 2 is 1.71 bits per heavy atom. The predicted octanol–water partition coefficient (Wildman–Crippen LogP) is 3.99. The molecule has 1 aliphatic heterocycles. The van der Waals surface area contributed by atoms with Crippen LogP contribution in [0.4, 0.5) is 23.7 Å². The van der Waals surface area contributed by atoms with Crippen LogP contribution in [0.2, 0.25) is 0 Å². The van der Waals surface area contributed by atoms with Gasteiger partial charge >= 0.3 is 12.4 Å². The molecule has 1 aliphatic rings. The van der Waals surface area contributed by atoms with Gasteiger partial charge < -0.3 is 15.0 Å². The Morgan fingerprint density at radius 1 is 1.10 bits per heavy atom. The fraction of sp³-hybridized carbons (Fsp3) is 0.500. The lowest BCUT2D eigenvalue weighted by molar-refractivity contribution is -0.274. The first-order valence-electron chi connectivity index (χ1n) is 6.86. The molecule has 0 spiro atoms. The van der Waals surface area contributed by atoms with Crippen molar-refractivity contribution in [3.8, 4) is 5.75 Å². The number of carbonyl (C=O) groups excluding carboxylic acids is 1. The maximum absolute atomic E-state index is 12.3. The summed E-state index contributed by atoms with van der Waals surface area (Å²) in [6.45, 7) is 1.24. The van der Waals surface area contributed by atoms with Crippen LogP contribution < -0.4 is 10.1 Å². The number of urea groups is 1. The van der Waals surface area contributed by atoms with E-state index in [1.165, 1.54) is 18.2 Å². The SMILES string of the molecule is O=C(Nc1ccccc1OC(F)(F)F)N1CCCCCC1. The second-order valence-corrected chi connectivity index (χ2v) is 4.88. The molecular formula is C14H17F3N2O2. The van der Waals surface area contributed by atoms with Gasteiger partial charge in [-0.2, -0.15) is 0 Å². The number of hydrogen-bond acceptors (Lipinski definition) is 2. The Balaban J connectivity index is 2.06. The number of rotatable bonds is 2. The fourth-order valence-electron chi connectivity index (χ4n) is 2.25. The van der Waals surface area contributed by atoms with E-state index in [-0.39, 0.29) is 5.69 Å². The number of halogens is 3. The minimum atomic E-state index is -4.79. The van der Waals surface area contributed by atoms with Crippen molar-refractivity contribution in [3.05, 3.63) is 24.3 Å². The Kier molecular flexibility index (Phi) is 4.93. The van der Waals surface area contributed by atoms with Crippen LogP contribution in [0.25, 0.3) is 0 Å². The monoisotopic (exact) mass is 302 g/mol. The van der Waals surface area contributed by atoms with Crippen molar-refractivity contribution in [2.75, 3.05) is 18.4 Å². The lowest BCUT2D eigenvalue weighted by Crippen LogP contribution is -2.35. The summed E-state index contributed by atoms with van der Waals surface area (Å²) in [5, 5.41) is 2.49. The molecule has 1 saturated heterocycles. The van der Waals surface area contributed by atoms with Gasteiger partial charge in [-0.1, -0.05) is 25.0 Å². The van der Waals surface area contributed by atoms with Crippen molar-refractivity contribution < 1.29 is 22.7 Å². The summed E-state index contributed by atoms with van der Waals surface area (Å²) >= 11 is 0. The Hall–Kier alpha value is -1.92. The highest BCUT2D eigenvalue weighted by atomic mass is 19.4. The highest BCUT2D eigenvalue weighted by molar-refractivity contribution is 5.91. The largest absolute Gasteiger partial charge is 0.573 e. The smallest absolute Gasteiger partial charge is 0.404 e. The number of anilines is 1. The van der Waals surface area contributed by atoms with E-state index in [9.17, 15) is 18.0 Å². The van der Waals surface area contributed by atoms with E-state index in [1.54, 1.807) is 11.0 Å². The van der Waals surface area contributed by atoms with Crippen LogP contribution in [0, 0.1) is 0 Å². The van der Waals surface area contributed by atoms with Gasteiger partial charge in [-0.3, -0.25) is 0 Å². The number of likely N-dealkylation sites (tertiary alicyclic amines) is 1. The van der Waals surface area contributed by atoms with E-state index in [0.29, 0.717) is 13.1 Å². The highest BCUT2D eigenvalue weighted by Gasteiger charge is 2.32. The summed E-state index contributed by atoms with van der Waals surface area (Å²) < 4.78 is 40.9. The van der Waals surface area contributed by atoms with Gasteiger partial charge in [-0.15, -0.1) is 13.2 Å². The van der Waals surface area contributed by atoms with Gasteiger partial charge in [0.2, 0.25) is 0 Å². The van der Waals surface area contributed by atoms with Gasteiger partial charge in [0.25, 0.3) is 0 Å². The standard InChI is InChI=1S/C14H17F3N2O2/c15-14(16,17)21-12-8-4-3-7-11(12)18-13(20)19-9-5-1-2-6-10-19/h3-4,7-8H,1-2,5-6,9-10H2,(H,18,20). The van der Waals surface area contributed by atoms with E-state index in [4.69, 9.17) is 0 Å². The summed E-state index contributed by atoms with van der Waals surface area (Å²) in [7, 11) is 0. The van der Waals surface area contributed by atoms with Gasteiger partial charge in [0.15, 0.2) is 5.75 Å². The zero-order chi connectivity index (χ0) is 15.3. The van der Waals surface area contributed by atoms with Crippen LogP contribution in [0.5, 0.6) is 5.75 Å². The summed E-state index contributed by atoms with van der Waals surface area (Å²) in [5.41, 5.74) is 0.0177. The Bertz CT molecular complexity index is 483. The molecule has 0 unspecified atom stereocenters. The topological polar surface area (TPSA) is 41.6 Å². The normalized spacial score (nSPS) is 16.2. The summed E-state index contributed by atoms with van der Waals surface area (Å²) in [6.07, 6.45) is -0.833. The number of amides is 2. The molecule has 2 rings (SSSR count). The van der Waals surface area contributed by atoms with E-state index in [0.717, 1.165) is 25.7 Å². The lowest BCUT2D eigenvalue weighted by atomic mass is 10.2. The third-order valence-corrected chi connectivity index (χ3v) is 3.25. The molecular weight excluding hydrogens is 285 g/mol. The van der Waals surface area contributed by atoms with E-state index in [2.05, 4.69) is 10.1 Å². The predicted molar refractivity (Wildman–Crippen MR) is 72.2 cm³/mol. The van der Waals surface area contributed by atoms with Crippen molar-refractivity contribution in [3.63, 3.8) is 0 Å². The number of benzene rings is 1. The number of carbonyl (C=O) groups is 1. The van der Waals surface area contributed by atoms with Crippen LogP contribution in [0.3, 0.4) is 0 Å². The molecule has 21 heavy (non-hydrogen) atoms. The molecule has 2 amide bonds. The minimum Gasteiger partial charge on any atom is -0.404 e. The molecule has 1 aromatic rings. The van der Waals surface area contributed by atoms with Gasteiger partial charge in [-0.05, 0) is 25.0 Å². The number of alkyl halides is 3. The van der Waals surface area contributed by atoms with Crippen LogP contribution in [-0.4, -0.2) is 30.4 Å². The number of hydrogen-bond donors (Lipinski definition) is 1. The van der Waals surface area contributed by atoms with Gasteiger partial charge in [-0.25, -0.2) is 4.79 Å². The summed E-state index contributed by atoms with van der Waals surface area (Å²) in [6, 6.07) is 5.13. The quantitative estimate of drug-likeness (QED) is 0.897. The molecule has 116 valence electrons. The molecule has 7 heteroatoms. The lowest BCUT2D eigenvalue weighted by Gasteiger charge is -2.22. The highest BCUT2D eigenvalue weighted by Crippen LogP contribution is 2.30. The van der Waals surface area contributed by atoms with Crippen LogP contribution in [-0.2, 0) is 0 Å². The van der Waals surface area contributed by atoms with Crippen molar-refractivity contribution in [1.29, 1.82) is 0 Å². The average molecular weight is 302 g/mol. The molecule has 0 aliphatic carbocycles. The maximum atomic E-state index is 12.3. The first-order chi connectivity index (χ1) is 9.96. The first-order valence-corrected chi connectivity index (χ1v) is 6.86. The number of ether oxygens (including phenoxy) is 1. The van der Waals surface area contributed by atoms with Crippen molar-refractivity contribution in [2.45, 2.75) is 32.0 Å². The van der Waals surface area contributed by atoms with Crippen LogP contribution in [0.1, 0.15) is 25.7 Å². The van der Waals surface area contributed by atoms with Gasteiger partial charge in [0, 0.05) is 13.1 Å². The van der Waals surface area contributed by atoms with Crippen LogP contribution >= 0.6 is 0 Å². The number of nitrogens with one attached hydrogen (secondary N) is 1. The number of nitrogens with zero attached hydrogens (tertiary/aromatic N) is 1. The molecule has 0 radical (unpaired) electrons. The molecule has 0 aromatic heterocycles. The third-order valence-electron chi connectivity index (χ3n) is 3.25. The van der Waals surface area contributed by atoms with Gasteiger partial charge in [0.05, 0.1) is 5.69 Å². The summed E-state index contributed by atoms with van der Waals surface area (Å²) in [4.78, 5) is 13.7. The molecule has 4 nitrogen and oxygen atoms in total.